The lowest BCUT2D eigenvalue weighted by Gasteiger charge is -2.35. The molecule has 2 aliphatic rings. The number of rotatable bonds is 3. The molecule has 4 rings (SSSR count). The summed E-state index contributed by atoms with van der Waals surface area (Å²) < 4.78 is 15.7. The molecule has 1 aromatic heterocycles. The lowest BCUT2D eigenvalue weighted by Crippen LogP contribution is -2.45. The first-order valence-corrected chi connectivity index (χ1v) is 8.10. The summed E-state index contributed by atoms with van der Waals surface area (Å²) in [5.74, 6) is 1.22. The first-order chi connectivity index (χ1) is 11.6. The summed E-state index contributed by atoms with van der Waals surface area (Å²) in [6, 6.07) is 7.97. The Balaban J connectivity index is 1.39. The Labute approximate surface area is 139 Å². The molecule has 2 aliphatic heterocycles. The second kappa shape index (κ2) is 5.90. The van der Waals surface area contributed by atoms with Crippen molar-refractivity contribution in [2.24, 2.45) is 0 Å². The summed E-state index contributed by atoms with van der Waals surface area (Å²) >= 11 is 0. The standard InChI is InChI=1S/C17H19N3O4/c1-12-4-2-3-5-13(12)15-18-14(24-19-15)10-20-8-6-17(7-9-20)11-22-16(21)23-17/h2-5H,6-11H2,1H3. The van der Waals surface area contributed by atoms with Crippen LogP contribution in [0.1, 0.15) is 24.3 Å². The predicted molar refractivity (Wildman–Crippen MR) is 84.1 cm³/mol. The molecule has 3 heterocycles. The maximum absolute atomic E-state index is 11.2. The summed E-state index contributed by atoms with van der Waals surface area (Å²) in [7, 11) is 0. The monoisotopic (exact) mass is 329 g/mol. The quantitative estimate of drug-likeness (QED) is 0.801. The maximum atomic E-state index is 11.2. The summed E-state index contributed by atoms with van der Waals surface area (Å²) in [4.78, 5) is 17.9. The first-order valence-electron chi connectivity index (χ1n) is 8.10. The fraction of sp³-hybridized carbons (Fsp3) is 0.471. The van der Waals surface area contributed by atoms with Crippen LogP contribution in [0.15, 0.2) is 28.8 Å². The van der Waals surface area contributed by atoms with Gasteiger partial charge in [-0.05, 0) is 12.5 Å². The molecule has 1 aromatic carbocycles. The molecule has 24 heavy (non-hydrogen) atoms. The molecule has 0 radical (unpaired) electrons. The molecular formula is C17H19N3O4. The Hall–Kier alpha value is -2.41. The van der Waals surface area contributed by atoms with E-state index in [1.807, 2.05) is 31.2 Å². The van der Waals surface area contributed by atoms with E-state index in [1.54, 1.807) is 0 Å². The molecule has 0 amide bonds. The van der Waals surface area contributed by atoms with Gasteiger partial charge in [-0.1, -0.05) is 29.4 Å². The van der Waals surface area contributed by atoms with Crippen molar-refractivity contribution >= 4 is 6.16 Å². The van der Waals surface area contributed by atoms with Gasteiger partial charge in [-0.15, -0.1) is 0 Å². The SMILES string of the molecule is Cc1ccccc1-c1noc(CN2CCC3(CC2)COC(=O)O3)n1. The number of aromatic nitrogens is 2. The smallest absolute Gasteiger partial charge is 0.430 e. The summed E-state index contributed by atoms with van der Waals surface area (Å²) in [5, 5.41) is 4.09. The van der Waals surface area contributed by atoms with Gasteiger partial charge < -0.3 is 14.0 Å². The van der Waals surface area contributed by atoms with Gasteiger partial charge in [0.05, 0.1) is 6.54 Å². The Morgan fingerprint density at radius 2 is 2.04 bits per heavy atom. The number of piperidine rings is 1. The molecule has 2 fully saturated rings. The zero-order valence-corrected chi connectivity index (χ0v) is 13.5. The zero-order valence-electron chi connectivity index (χ0n) is 13.5. The highest BCUT2D eigenvalue weighted by Crippen LogP contribution is 2.32. The Bertz CT molecular complexity index is 750. The van der Waals surface area contributed by atoms with E-state index in [4.69, 9.17) is 14.0 Å². The number of benzene rings is 1. The fourth-order valence-electron chi connectivity index (χ4n) is 3.23. The van der Waals surface area contributed by atoms with Gasteiger partial charge in [-0.3, -0.25) is 4.90 Å². The van der Waals surface area contributed by atoms with Crippen molar-refractivity contribution in [3.05, 3.63) is 35.7 Å². The van der Waals surface area contributed by atoms with Crippen molar-refractivity contribution in [3.63, 3.8) is 0 Å². The highest BCUT2D eigenvalue weighted by molar-refractivity contribution is 5.62. The van der Waals surface area contributed by atoms with E-state index < -0.39 is 11.8 Å². The minimum Gasteiger partial charge on any atom is -0.430 e. The van der Waals surface area contributed by atoms with Gasteiger partial charge >= 0.3 is 6.16 Å². The number of carbonyl (C=O) groups is 1. The van der Waals surface area contributed by atoms with E-state index >= 15 is 0 Å². The Kier molecular flexibility index (Phi) is 3.72. The van der Waals surface area contributed by atoms with Crippen LogP contribution in [0.25, 0.3) is 11.4 Å². The Morgan fingerprint density at radius 3 is 2.75 bits per heavy atom. The fourth-order valence-corrected chi connectivity index (χ4v) is 3.23. The third kappa shape index (κ3) is 2.87. The number of nitrogens with zero attached hydrogens (tertiary/aromatic N) is 3. The summed E-state index contributed by atoms with van der Waals surface area (Å²) in [6.07, 6.45) is 0.970. The molecular weight excluding hydrogens is 310 g/mol. The molecule has 7 nitrogen and oxygen atoms in total. The van der Waals surface area contributed by atoms with E-state index in [0.717, 1.165) is 37.1 Å². The van der Waals surface area contributed by atoms with Crippen LogP contribution in [0.5, 0.6) is 0 Å². The molecule has 2 saturated heterocycles. The van der Waals surface area contributed by atoms with E-state index in [9.17, 15) is 4.79 Å². The molecule has 0 atom stereocenters. The van der Waals surface area contributed by atoms with Crippen LogP contribution >= 0.6 is 0 Å². The highest BCUT2D eigenvalue weighted by Gasteiger charge is 2.44. The van der Waals surface area contributed by atoms with E-state index in [2.05, 4.69) is 15.0 Å². The third-order valence-electron chi connectivity index (χ3n) is 4.73. The van der Waals surface area contributed by atoms with Crippen molar-refractivity contribution in [3.8, 4) is 11.4 Å². The number of likely N-dealkylation sites (tertiary alicyclic amines) is 1. The molecule has 0 N–H and O–H groups in total. The first kappa shape index (κ1) is 15.1. The number of ether oxygens (including phenoxy) is 2. The van der Waals surface area contributed by atoms with Crippen LogP contribution < -0.4 is 0 Å². The second-order valence-corrected chi connectivity index (χ2v) is 6.43. The molecule has 0 aliphatic carbocycles. The van der Waals surface area contributed by atoms with E-state index in [-0.39, 0.29) is 0 Å². The molecule has 2 aromatic rings. The van der Waals surface area contributed by atoms with Gasteiger partial charge in [0.25, 0.3) is 0 Å². The molecule has 7 heteroatoms. The van der Waals surface area contributed by atoms with Gasteiger partial charge in [0, 0.05) is 31.5 Å². The zero-order chi connectivity index (χ0) is 16.6. The van der Waals surface area contributed by atoms with Gasteiger partial charge in [0.15, 0.2) is 5.60 Å². The number of hydrogen-bond acceptors (Lipinski definition) is 7. The molecule has 0 bridgehead atoms. The number of hydrogen-bond donors (Lipinski definition) is 0. The van der Waals surface area contributed by atoms with Crippen molar-refractivity contribution in [1.82, 2.24) is 15.0 Å². The number of aryl methyl sites for hydroxylation is 1. The highest BCUT2D eigenvalue weighted by atomic mass is 16.8. The molecule has 0 unspecified atom stereocenters. The van der Waals surface area contributed by atoms with Crippen molar-refractivity contribution in [1.29, 1.82) is 0 Å². The molecule has 126 valence electrons. The van der Waals surface area contributed by atoms with Crippen molar-refractivity contribution < 1.29 is 18.8 Å². The predicted octanol–water partition coefficient (Wildman–Crippen LogP) is 2.55. The van der Waals surface area contributed by atoms with Crippen LogP contribution in [0.3, 0.4) is 0 Å². The van der Waals surface area contributed by atoms with E-state index in [0.29, 0.717) is 24.9 Å². The van der Waals surface area contributed by atoms with Crippen molar-refractivity contribution in [2.45, 2.75) is 31.9 Å². The van der Waals surface area contributed by atoms with Crippen LogP contribution in [-0.4, -0.2) is 46.5 Å². The number of cyclic esters (lactones) is 1. The second-order valence-electron chi connectivity index (χ2n) is 6.43. The lowest BCUT2D eigenvalue weighted by atomic mass is 9.92. The number of carbonyl (C=O) groups excluding carboxylic acids is 1. The van der Waals surface area contributed by atoms with Crippen LogP contribution in [0.2, 0.25) is 0 Å². The molecule has 1 spiro atoms. The minimum atomic E-state index is -0.553. The van der Waals surface area contributed by atoms with Crippen molar-refractivity contribution in [2.75, 3.05) is 19.7 Å². The Morgan fingerprint density at radius 1 is 1.25 bits per heavy atom. The summed E-state index contributed by atoms with van der Waals surface area (Å²) in [5.41, 5.74) is 1.67. The summed E-state index contributed by atoms with van der Waals surface area (Å²) in [6.45, 7) is 4.60. The maximum Gasteiger partial charge on any atom is 0.509 e. The largest absolute Gasteiger partial charge is 0.509 e. The van der Waals surface area contributed by atoms with Gasteiger partial charge in [0.2, 0.25) is 11.7 Å². The third-order valence-corrected chi connectivity index (χ3v) is 4.73. The van der Waals surface area contributed by atoms with E-state index in [1.165, 1.54) is 0 Å². The van der Waals surface area contributed by atoms with Gasteiger partial charge in [0.1, 0.15) is 6.61 Å². The average Bonchev–Trinajstić information content (AvgIpc) is 3.18. The van der Waals surface area contributed by atoms with Crippen LogP contribution in [-0.2, 0) is 16.0 Å². The normalized spacial score (nSPS) is 20.1. The lowest BCUT2D eigenvalue weighted by molar-refractivity contribution is -0.00374. The topological polar surface area (TPSA) is 77.7 Å². The average molecular weight is 329 g/mol. The minimum absolute atomic E-state index is 0.359. The van der Waals surface area contributed by atoms with Gasteiger partial charge in [-0.25, -0.2) is 4.79 Å². The van der Waals surface area contributed by atoms with Gasteiger partial charge in [-0.2, -0.15) is 4.98 Å². The van der Waals surface area contributed by atoms with Crippen LogP contribution in [0.4, 0.5) is 4.79 Å². The molecule has 0 saturated carbocycles. The van der Waals surface area contributed by atoms with Crippen LogP contribution in [0, 0.1) is 6.92 Å².